The second-order valence-electron chi connectivity index (χ2n) is 7.44. The number of nitrogens with zero attached hydrogens (tertiary/aromatic N) is 5. The lowest BCUT2D eigenvalue weighted by Crippen LogP contribution is -2.50. The average Bonchev–Trinajstić information content (AvgIpc) is 3.10. The third kappa shape index (κ3) is 3.61. The van der Waals surface area contributed by atoms with E-state index in [1.165, 1.54) is 10.7 Å². The maximum atomic E-state index is 13.9. The normalized spacial score (nSPS) is 15.0. The number of amides is 2. The molecule has 2 amide bonds. The van der Waals surface area contributed by atoms with Crippen LogP contribution >= 0.6 is 0 Å². The molecule has 1 aliphatic rings. The highest BCUT2D eigenvalue weighted by Crippen LogP contribution is 2.23. The molecule has 2 heterocycles. The first kappa shape index (κ1) is 18.1. The van der Waals surface area contributed by atoms with E-state index in [2.05, 4.69) is 10.3 Å². The molecule has 138 valence electrons. The minimum atomic E-state index is -0.344. The molecule has 0 saturated heterocycles. The third-order valence-corrected chi connectivity index (χ3v) is 4.69. The fourth-order valence-corrected chi connectivity index (χ4v) is 2.74. The summed E-state index contributed by atoms with van der Waals surface area (Å²) in [6.07, 6.45) is 4.41. The number of carbonyl (C=O) groups is 1. The van der Waals surface area contributed by atoms with Crippen molar-refractivity contribution in [2.45, 2.75) is 32.7 Å². The molecule has 2 aromatic rings. The van der Waals surface area contributed by atoms with Gasteiger partial charge in [-0.25, -0.2) is 13.9 Å². The van der Waals surface area contributed by atoms with Crippen LogP contribution in [0.4, 0.5) is 9.18 Å². The van der Waals surface area contributed by atoms with Crippen LogP contribution in [-0.2, 0) is 0 Å². The van der Waals surface area contributed by atoms with E-state index in [0.717, 1.165) is 5.57 Å². The smallest absolute Gasteiger partial charge is 0.320 e. The van der Waals surface area contributed by atoms with Crippen LogP contribution in [0.3, 0.4) is 0 Å². The van der Waals surface area contributed by atoms with Crippen molar-refractivity contribution in [2.24, 2.45) is 0 Å². The zero-order valence-corrected chi connectivity index (χ0v) is 15.6. The minimum Gasteiger partial charge on any atom is -0.323 e. The highest BCUT2D eigenvalue weighted by Gasteiger charge is 2.28. The molecule has 0 radical (unpaired) electrons. The molecule has 0 saturated carbocycles. The Kier molecular flexibility index (Phi) is 4.80. The predicted molar refractivity (Wildman–Crippen MR) is 98.4 cm³/mol. The van der Waals surface area contributed by atoms with E-state index in [-0.39, 0.29) is 17.4 Å². The van der Waals surface area contributed by atoms with Crippen molar-refractivity contribution in [3.05, 3.63) is 48.0 Å². The Bertz CT molecular complexity index is 836. The summed E-state index contributed by atoms with van der Waals surface area (Å²) in [5.41, 5.74) is 1.88. The lowest BCUT2D eigenvalue weighted by atomic mass is 10.0. The van der Waals surface area contributed by atoms with Crippen LogP contribution < -0.4 is 0 Å². The Morgan fingerprint density at radius 2 is 2.00 bits per heavy atom. The predicted octanol–water partition coefficient (Wildman–Crippen LogP) is 3.35. The number of rotatable bonds is 2. The van der Waals surface area contributed by atoms with E-state index < -0.39 is 0 Å². The van der Waals surface area contributed by atoms with Crippen LogP contribution in [0.1, 0.15) is 32.9 Å². The Morgan fingerprint density at radius 1 is 1.27 bits per heavy atom. The Labute approximate surface area is 152 Å². The molecule has 0 fully saturated rings. The molecule has 3 rings (SSSR count). The van der Waals surface area contributed by atoms with Gasteiger partial charge in [-0.1, -0.05) is 23.4 Å². The molecule has 7 heteroatoms. The minimum absolute atomic E-state index is 0.0165. The summed E-state index contributed by atoms with van der Waals surface area (Å²) < 4.78 is 15.3. The van der Waals surface area contributed by atoms with Gasteiger partial charge in [0.05, 0.1) is 6.20 Å². The molecule has 0 atom stereocenters. The summed E-state index contributed by atoms with van der Waals surface area (Å²) in [5.74, 6) is -0.344. The van der Waals surface area contributed by atoms with Crippen molar-refractivity contribution in [2.75, 3.05) is 20.1 Å². The van der Waals surface area contributed by atoms with Crippen LogP contribution in [0.25, 0.3) is 11.3 Å². The maximum Gasteiger partial charge on any atom is 0.320 e. The second kappa shape index (κ2) is 6.90. The molecular weight excluding hydrogens is 333 g/mol. The van der Waals surface area contributed by atoms with E-state index in [1.54, 1.807) is 29.3 Å². The Hall–Kier alpha value is -2.70. The molecule has 26 heavy (non-hydrogen) atoms. The number of hydrogen-bond acceptors (Lipinski definition) is 3. The van der Waals surface area contributed by atoms with E-state index in [0.29, 0.717) is 30.9 Å². The van der Waals surface area contributed by atoms with Gasteiger partial charge in [-0.15, -0.1) is 5.10 Å². The molecule has 6 nitrogen and oxygen atoms in total. The molecule has 0 unspecified atom stereocenters. The molecule has 1 aromatic carbocycles. The molecule has 1 aliphatic heterocycles. The van der Waals surface area contributed by atoms with Gasteiger partial charge in [-0.05, 0) is 44.9 Å². The number of urea groups is 1. The van der Waals surface area contributed by atoms with Crippen molar-refractivity contribution in [3.63, 3.8) is 0 Å². The van der Waals surface area contributed by atoms with Gasteiger partial charge in [-0.2, -0.15) is 0 Å². The van der Waals surface area contributed by atoms with Gasteiger partial charge in [-0.3, -0.25) is 0 Å². The first-order valence-corrected chi connectivity index (χ1v) is 8.67. The summed E-state index contributed by atoms with van der Waals surface area (Å²) in [5, 5.41) is 8.20. The van der Waals surface area contributed by atoms with Crippen LogP contribution in [-0.4, -0.2) is 56.5 Å². The summed E-state index contributed by atoms with van der Waals surface area (Å²) in [6.45, 7) is 7.18. The van der Waals surface area contributed by atoms with Gasteiger partial charge >= 0.3 is 6.03 Å². The van der Waals surface area contributed by atoms with Gasteiger partial charge in [0.2, 0.25) is 0 Å². The van der Waals surface area contributed by atoms with E-state index in [1.807, 2.05) is 38.8 Å². The number of benzene rings is 1. The van der Waals surface area contributed by atoms with Crippen LogP contribution in [0.15, 0.2) is 36.5 Å². The van der Waals surface area contributed by atoms with Gasteiger partial charge in [0, 0.05) is 25.7 Å². The third-order valence-electron chi connectivity index (χ3n) is 4.69. The number of para-hydroxylation sites is 1. The van der Waals surface area contributed by atoms with Crippen molar-refractivity contribution >= 4 is 11.6 Å². The van der Waals surface area contributed by atoms with Gasteiger partial charge < -0.3 is 9.80 Å². The summed E-state index contributed by atoms with van der Waals surface area (Å²) in [4.78, 5) is 16.1. The zero-order chi connectivity index (χ0) is 18.9. The number of aromatic nitrogens is 3. The largest absolute Gasteiger partial charge is 0.323 e. The van der Waals surface area contributed by atoms with E-state index >= 15 is 0 Å². The van der Waals surface area contributed by atoms with Crippen LogP contribution in [0.2, 0.25) is 0 Å². The van der Waals surface area contributed by atoms with Crippen molar-refractivity contribution in [3.8, 4) is 5.69 Å². The van der Waals surface area contributed by atoms with Crippen LogP contribution in [0.5, 0.6) is 0 Å². The van der Waals surface area contributed by atoms with Gasteiger partial charge in [0.25, 0.3) is 0 Å². The highest BCUT2D eigenvalue weighted by atomic mass is 19.1. The molecule has 0 N–H and O–H groups in total. The number of halogens is 1. The highest BCUT2D eigenvalue weighted by molar-refractivity contribution is 5.77. The first-order valence-electron chi connectivity index (χ1n) is 8.67. The van der Waals surface area contributed by atoms with Crippen molar-refractivity contribution in [1.82, 2.24) is 24.8 Å². The first-order chi connectivity index (χ1) is 12.3. The molecular formula is C19H24FN5O. The van der Waals surface area contributed by atoms with Gasteiger partial charge in [0.1, 0.15) is 17.2 Å². The fraction of sp³-hybridized carbons (Fsp3) is 0.421. The topological polar surface area (TPSA) is 54.3 Å². The number of carbonyl (C=O) groups excluding carboxylic acids is 1. The molecule has 1 aromatic heterocycles. The van der Waals surface area contributed by atoms with Gasteiger partial charge in [0.15, 0.2) is 0 Å². The van der Waals surface area contributed by atoms with Crippen molar-refractivity contribution < 1.29 is 9.18 Å². The molecule has 0 aliphatic carbocycles. The monoisotopic (exact) mass is 357 g/mol. The zero-order valence-electron chi connectivity index (χ0n) is 15.6. The Morgan fingerprint density at radius 3 is 2.62 bits per heavy atom. The van der Waals surface area contributed by atoms with E-state index in [4.69, 9.17) is 0 Å². The van der Waals surface area contributed by atoms with E-state index in [9.17, 15) is 9.18 Å². The van der Waals surface area contributed by atoms with Crippen molar-refractivity contribution in [1.29, 1.82) is 0 Å². The summed E-state index contributed by atoms with van der Waals surface area (Å²) in [6, 6.07) is 6.47. The van der Waals surface area contributed by atoms with Crippen LogP contribution in [0, 0.1) is 5.82 Å². The second-order valence-corrected chi connectivity index (χ2v) is 7.44. The maximum absolute atomic E-state index is 13.9. The lowest BCUT2D eigenvalue weighted by Gasteiger charge is -2.37. The number of hydrogen-bond donors (Lipinski definition) is 0. The quantitative estimate of drug-likeness (QED) is 0.828. The summed E-state index contributed by atoms with van der Waals surface area (Å²) >= 11 is 0. The molecule has 0 spiro atoms. The summed E-state index contributed by atoms with van der Waals surface area (Å²) in [7, 11) is 1.82. The molecule has 0 bridgehead atoms. The lowest BCUT2D eigenvalue weighted by molar-refractivity contribution is 0.130. The average molecular weight is 357 g/mol. The fourth-order valence-electron chi connectivity index (χ4n) is 2.74. The SMILES string of the molecule is CN(C(=O)N1CC=C(c2cn(-c3ccccc3F)nn2)CC1)C(C)(C)C. The Balaban J connectivity index is 1.72. The standard InChI is InChI=1S/C19H24FN5O/c1-19(2,3)23(4)18(26)24-11-9-14(10-12-24)16-13-25(22-21-16)17-8-6-5-7-15(17)20/h5-9,13H,10-12H2,1-4H3.